The van der Waals surface area contributed by atoms with E-state index in [0.717, 1.165) is 30.6 Å². The number of allylic oxidation sites excluding steroid dienone is 1. The number of hydrogen-bond acceptors (Lipinski definition) is 4. The van der Waals surface area contributed by atoms with Gasteiger partial charge in [-0.25, -0.2) is 0 Å². The van der Waals surface area contributed by atoms with Gasteiger partial charge in [-0.3, -0.25) is 9.63 Å². The molecule has 0 unspecified atom stereocenters. The third-order valence-electron chi connectivity index (χ3n) is 9.81. The maximum atomic E-state index is 11.4. The largest absolute Gasteiger partial charge is 0.462 e. The highest BCUT2D eigenvalue weighted by Crippen LogP contribution is 2.68. The number of ether oxygens (including phenoxy) is 1. The third kappa shape index (κ3) is 2.52. The fourth-order valence-electron chi connectivity index (χ4n) is 8.64. The van der Waals surface area contributed by atoms with Gasteiger partial charge in [-0.1, -0.05) is 25.5 Å². The van der Waals surface area contributed by atoms with Crippen LogP contribution in [-0.4, -0.2) is 36.3 Å². The first-order chi connectivity index (χ1) is 13.2. The first-order valence-electron chi connectivity index (χ1n) is 11.5. The van der Waals surface area contributed by atoms with Gasteiger partial charge in [0.05, 0.1) is 6.10 Å². The average Bonchev–Trinajstić information content (AvgIpc) is 3.09. The quantitative estimate of drug-likeness (QED) is 0.481. The zero-order chi connectivity index (χ0) is 19.8. The Morgan fingerprint density at radius 3 is 2.79 bits per heavy atom. The molecule has 0 amide bonds. The number of fused-ring (bicyclic) bond motifs is 7. The van der Waals surface area contributed by atoms with Crippen LogP contribution in [0.3, 0.4) is 0 Å². The highest BCUT2D eigenvalue weighted by atomic mass is 16.7. The van der Waals surface area contributed by atoms with Gasteiger partial charge < -0.3 is 4.74 Å². The van der Waals surface area contributed by atoms with Crippen molar-refractivity contribution in [3.8, 4) is 0 Å². The van der Waals surface area contributed by atoms with Gasteiger partial charge in [0.1, 0.15) is 6.10 Å². The van der Waals surface area contributed by atoms with Crippen molar-refractivity contribution in [2.75, 3.05) is 7.05 Å². The monoisotopic (exact) mass is 387 g/mol. The number of carbonyl (C=O) groups excluding carboxylic acids is 1. The molecule has 5 rings (SSSR count). The summed E-state index contributed by atoms with van der Waals surface area (Å²) < 4.78 is 5.58. The number of hydrogen-bond donors (Lipinski definition) is 0. The molecule has 5 aliphatic rings. The second-order valence-electron chi connectivity index (χ2n) is 11.0. The Hall–Kier alpha value is -0.870. The number of esters is 1. The lowest BCUT2D eigenvalue weighted by atomic mass is 9.47. The lowest BCUT2D eigenvalue weighted by Gasteiger charge is -2.58. The summed E-state index contributed by atoms with van der Waals surface area (Å²) in [5.41, 5.74) is 2.32. The van der Waals surface area contributed by atoms with Gasteiger partial charge in [0.25, 0.3) is 0 Å². The lowest BCUT2D eigenvalue weighted by molar-refractivity contribution is -0.156. The standard InChI is InChI=1S/C24H37NO3/c1-14-22-21(25(5)28-14)13-20-18-7-6-16-12-17(27-15(2)26)8-10-23(16,3)19(18)9-11-24(20,22)4/h6,14,17-22H,7-13H2,1-5H3/t14-,17+,18-,19+,20+,21-,22-,23+,24+/m1/s1. The molecule has 0 aromatic heterocycles. The molecule has 0 aromatic rings. The minimum atomic E-state index is -0.130. The van der Waals surface area contributed by atoms with Crippen LogP contribution in [0.25, 0.3) is 0 Å². The summed E-state index contributed by atoms with van der Waals surface area (Å²) >= 11 is 0. The van der Waals surface area contributed by atoms with Gasteiger partial charge in [-0.2, -0.15) is 5.06 Å². The highest BCUT2D eigenvalue weighted by Gasteiger charge is 2.64. The molecule has 0 bridgehead atoms. The van der Waals surface area contributed by atoms with Crippen LogP contribution in [-0.2, 0) is 14.4 Å². The molecule has 0 spiro atoms. The summed E-state index contributed by atoms with van der Waals surface area (Å²) in [5, 5.41) is 2.18. The van der Waals surface area contributed by atoms with Crippen LogP contribution in [0.4, 0.5) is 0 Å². The van der Waals surface area contributed by atoms with Gasteiger partial charge in [0, 0.05) is 32.4 Å². The van der Waals surface area contributed by atoms with Crippen molar-refractivity contribution < 1.29 is 14.4 Å². The number of carbonyl (C=O) groups is 1. The molecule has 28 heavy (non-hydrogen) atoms. The first-order valence-corrected chi connectivity index (χ1v) is 11.5. The van der Waals surface area contributed by atoms with Crippen LogP contribution in [0.2, 0.25) is 0 Å². The topological polar surface area (TPSA) is 38.8 Å². The van der Waals surface area contributed by atoms with Crippen molar-refractivity contribution in [2.45, 2.75) is 90.9 Å². The maximum absolute atomic E-state index is 11.4. The summed E-state index contributed by atoms with van der Waals surface area (Å²) in [6.07, 6.45) is 11.4. The van der Waals surface area contributed by atoms with E-state index < -0.39 is 0 Å². The lowest BCUT2D eigenvalue weighted by Crippen LogP contribution is -2.51. The molecule has 4 aliphatic carbocycles. The van der Waals surface area contributed by atoms with Gasteiger partial charge in [0.15, 0.2) is 0 Å². The Bertz CT molecular complexity index is 704. The molecule has 1 heterocycles. The van der Waals surface area contributed by atoms with Gasteiger partial charge in [-0.15, -0.1) is 0 Å². The molecule has 0 aromatic carbocycles. The SMILES string of the molecule is CC(=O)O[C@H]1CC[C@@]2(C)C(=CC[C@H]3[C@@H]4C[C@@H]5[C@@H]([C@@H](C)ON5C)[C@@]4(C)CC[C@@H]32)C1. The average molecular weight is 388 g/mol. The molecule has 0 N–H and O–H groups in total. The van der Waals surface area contributed by atoms with Crippen molar-refractivity contribution in [3.63, 3.8) is 0 Å². The van der Waals surface area contributed by atoms with E-state index in [1.54, 1.807) is 12.5 Å². The van der Waals surface area contributed by atoms with Crippen LogP contribution in [0.1, 0.15) is 72.6 Å². The van der Waals surface area contributed by atoms with Gasteiger partial charge in [-0.05, 0) is 74.0 Å². The first kappa shape index (κ1) is 19.1. The smallest absolute Gasteiger partial charge is 0.302 e. The second kappa shape index (κ2) is 6.31. The Kier molecular flexibility index (Phi) is 4.31. The van der Waals surface area contributed by atoms with E-state index in [9.17, 15) is 4.79 Å². The zero-order valence-corrected chi connectivity index (χ0v) is 18.2. The summed E-state index contributed by atoms with van der Waals surface area (Å²) in [5.74, 6) is 2.97. The van der Waals surface area contributed by atoms with E-state index >= 15 is 0 Å². The molecular formula is C24H37NO3. The fourth-order valence-corrected chi connectivity index (χ4v) is 8.64. The molecule has 1 saturated heterocycles. The fraction of sp³-hybridized carbons (Fsp3) is 0.875. The summed E-state index contributed by atoms with van der Waals surface area (Å²) in [6, 6.07) is 0.599. The third-order valence-corrected chi connectivity index (χ3v) is 9.81. The summed E-state index contributed by atoms with van der Waals surface area (Å²) in [6.45, 7) is 8.93. The molecule has 4 heteroatoms. The molecule has 156 valence electrons. The molecular weight excluding hydrogens is 350 g/mol. The van der Waals surface area contributed by atoms with Crippen LogP contribution in [0.15, 0.2) is 11.6 Å². The Morgan fingerprint density at radius 2 is 2.04 bits per heavy atom. The second-order valence-corrected chi connectivity index (χ2v) is 11.0. The van der Waals surface area contributed by atoms with E-state index in [1.165, 1.54) is 32.1 Å². The minimum absolute atomic E-state index is 0.0970. The van der Waals surface area contributed by atoms with E-state index in [2.05, 4.69) is 39.0 Å². The van der Waals surface area contributed by atoms with Crippen molar-refractivity contribution in [1.82, 2.24) is 5.06 Å². The highest BCUT2D eigenvalue weighted by molar-refractivity contribution is 5.66. The molecule has 4 nitrogen and oxygen atoms in total. The Balaban J connectivity index is 1.42. The zero-order valence-electron chi connectivity index (χ0n) is 18.2. The summed E-state index contributed by atoms with van der Waals surface area (Å²) in [4.78, 5) is 17.5. The van der Waals surface area contributed by atoms with Gasteiger partial charge >= 0.3 is 5.97 Å². The van der Waals surface area contributed by atoms with Crippen LogP contribution < -0.4 is 0 Å². The van der Waals surface area contributed by atoms with E-state index in [1.807, 2.05) is 0 Å². The molecule has 1 aliphatic heterocycles. The van der Waals surface area contributed by atoms with Crippen molar-refractivity contribution in [1.29, 1.82) is 0 Å². The van der Waals surface area contributed by atoms with Crippen LogP contribution in [0, 0.1) is 34.5 Å². The van der Waals surface area contributed by atoms with Crippen molar-refractivity contribution >= 4 is 5.97 Å². The predicted octanol–water partition coefficient (Wildman–Crippen LogP) is 4.74. The Morgan fingerprint density at radius 1 is 1.25 bits per heavy atom. The van der Waals surface area contributed by atoms with E-state index in [4.69, 9.17) is 9.57 Å². The van der Waals surface area contributed by atoms with Crippen molar-refractivity contribution in [2.24, 2.45) is 34.5 Å². The van der Waals surface area contributed by atoms with Crippen LogP contribution >= 0.6 is 0 Å². The normalized spacial score (nSPS) is 52.9. The van der Waals surface area contributed by atoms with Crippen LogP contribution in [0.5, 0.6) is 0 Å². The van der Waals surface area contributed by atoms with Crippen molar-refractivity contribution in [3.05, 3.63) is 11.6 Å². The summed E-state index contributed by atoms with van der Waals surface area (Å²) in [7, 11) is 2.15. The molecule has 0 radical (unpaired) electrons. The number of hydroxylamine groups is 2. The maximum Gasteiger partial charge on any atom is 0.302 e. The molecule has 4 fully saturated rings. The number of nitrogens with zero attached hydrogens (tertiary/aromatic N) is 1. The number of rotatable bonds is 1. The van der Waals surface area contributed by atoms with E-state index in [-0.39, 0.29) is 12.1 Å². The molecule has 9 atom stereocenters. The van der Waals surface area contributed by atoms with E-state index in [0.29, 0.717) is 28.9 Å². The van der Waals surface area contributed by atoms with Gasteiger partial charge in [0.2, 0.25) is 0 Å². The Labute approximate surface area is 170 Å². The minimum Gasteiger partial charge on any atom is -0.462 e. The predicted molar refractivity (Wildman–Crippen MR) is 108 cm³/mol. The molecule has 3 saturated carbocycles.